The van der Waals surface area contributed by atoms with Crippen LogP contribution in [0.15, 0.2) is 48.7 Å². The molecule has 0 radical (unpaired) electrons. The largest absolute Gasteiger partial charge is 0.465 e. The number of rotatable bonds is 12. The minimum Gasteiger partial charge on any atom is -0.465 e. The molecule has 0 unspecified atom stereocenters. The fourth-order valence-corrected chi connectivity index (χ4v) is 3.35. The average molecular weight is 415 g/mol. The molecule has 3 rings (SSSR count). The van der Waals surface area contributed by atoms with E-state index in [0.717, 1.165) is 50.6 Å². The lowest BCUT2D eigenvalue weighted by Crippen LogP contribution is -2.48. The molecule has 2 heterocycles. The summed E-state index contributed by atoms with van der Waals surface area (Å²) < 4.78 is 16.2. The van der Waals surface area contributed by atoms with E-state index in [2.05, 4.69) is 20.9 Å². The molecule has 0 aliphatic carbocycles. The number of anilines is 2. The topological polar surface area (TPSA) is 67.4 Å². The molecule has 1 saturated heterocycles. The van der Waals surface area contributed by atoms with Crippen LogP contribution in [0.1, 0.15) is 0 Å². The normalized spacial score (nSPS) is 14.5. The van der Waals surface area contributed by atoms with E-state index in [4.69, 9.17) is 14.2 Å². The molecule has 8 nitrogen and oxygen atoms in total. The second kappa shape index (κ2) is 12.1. The Kier molecular flexibility index (Phi) is 8.89. The third kappa shape index (κ3) is 6.41. The highest BCUT2D eigenvalue weighted by Gasteiger charge is 2.20. The molecule has 8 heteroatoms. The first-order chi connectivity index (χ1) is 14.8. The van der Waals surface area contributed by atoms with Gasteiger partial charge in [-0.3, -0.25) is 14.6 Å². The van der Waals surface area contributed by atoms with E-state index in [9.17, 15) is 4.79 Å². The first-order valence-electron chi connectivity index (χ1n) is 10.2. The van der Waals surface area contributed by atoms with E-state index in [1.165, 1.54) is 0 Å². The van der Waals surface area contributed by atoms with Gasteiger partial charge in [0.1, 0.15) is 11.6 Å². The van der Waals surface area contributed by atoms with Gasteiger partial charge in [0.15, 0.2) is 6.79 Å². The van der Waals surface area contributed by atoms with Crippen molar-refractivity contribution in [1.29, 1.82) is 0 Å². The van der Waals surface area contributed by atoms with Crippen LogP contribution in [0.25, 0.3) is 0 Å². The lowest BCUT2D eigenvalue weighted by Gasteiger charge is -2.37. The number of para-hydroxylation sites is 2. The quantitative estimate of drug-likeness (QED) is 0.298. The first-order valence-corrected chi connectivity index (χ1v) is 10.2. The van der Waals surface area contributed by atoms with Crippen molar-refractivity contribution in [2.75, 3.05) is 76.2 Å². The summed E-state index contributed by atoms with van der Waals surface area (Å²) in [4.78, 5) is 22.0. The van der Waals surface area contributed by atoms with Crippen molar-refractivity contribution < 1.29 is 19.0 Å². The monoisotopic (exact) mass is 414 g/mol. The van der Waals surface area contributed by atoms with Gasteiger partial charge in [0.2, 0.25) is 6.41 Å². The molecule has 1 aromatic carbocycles. The molecule has 0 bridgehead atoms. The van der Waals surface area contributed by atoms with Gasteiger partial charge in [0, 0.05) is 52.6 Å². The Balaban J connectivity index is 1.47. The first kappa shape index (κ1) is 22.0. The number of ether oxygens (including phenoxy) is 3. The predicted molar refractivity (Wildman–Crippen MR) is 116 cm³/mol. The van der Waals surface area contributed by atoms with Gasteiger partial charge >= 0.3 is 0 Å². The number of carbonyl (C=O) groups is 1. The number of pyridine rings is 1. The Morgan fingerprint density at radius 3 is 2.60 bits per heavy atom. The standard InChI is InChI=1S/C22H30N4O4/c1-28-16-17-29-19-30-21-7-3-2-6-20(21)25-13-10-24(11-14-25)12-15-26(18-27)22-8-4-5-9-23-22/h2-9,18H,10-17,19H2,1H3. The third-order valence-electron chi connectivity index (χ3n) is 5.04. The summed E-state index contributed by atoms with van der Waals surface area (Å²) in [6.45, 7) is 6.35. The fraction of sp³-hybridized carbons (Fsp3) is 0.455. The maximum Gasteiger partial charge on any atom is 0.215 e. The minimum absolute atomic E-state index is 0.204. The van der Waals surface area contributed by atoms with Gasteiger partial charge in [-0.15, -0.1) is 0 Å². The zero-order valence-electron chi connectivity index (χ0n) is 17.5. The summed E-state index contributed by atoms with van der Waals surface area (Å²) in [5, 5.41) is 0. The summed E-state index contributed by atoms with van der Waals surface area (Å²) in [6.07, 6.45) is 2.55. The molecular weight excluding hydrogens is 384 g/mol. The molecule has 0 atom stereocenters. The highest BCUT2D eigenvalue weighted by Crippen LogP contribution is 2.28. The summed E-state index contributed by atoms with van der Waals surface area (Å²) >= 11 is 0. The van der Waals surface area contributed by atoms with Crippen molar-refractivity contribution in [3.8, 4) is 5.75 Å². The Hall–Kier alpha value is -2.68. The highest BCUT2D eigenvalue weighted by atomic mass is 16.7. The molecule has 1 fully saturated rings. The summed E-state index contributed by atoms with van der Waals surface area (Å²) in [5.74, 6) is 1.51. The molecule has 1 aliphatic rings. The maximum atomic E-state index is 11.4. The van der Waals surface area contributed by atoms with Gasteiger partial charge in [-0.1, -0.05) is 18.2 Å². The van der Waals surface area contributed by atoms with Crippen LogP contribution < -0.4 is 14.5 Å². The van der Waals surface area contributed by atoms with E-state index in [1.807, 2.05) is 36.4 Å². The van der Waals surface area contributed by atoms with Crippen LogP contribution >= 0.6 is 0 Å². The second-order valence-electron chi connectivity index (χ2n) is 6.95. The Morgan fingerprint density at radius 2 is 1.87 bits per heavy atom. The molecule has 30 heavy (non-hydrogen) atoms. The second-order valence-corrected chi connectivity index (χ2v) is 6.95. The van der Waals surface area contributed by atoms with Crippen LogP contribution in [0.2, 0.25) is 0 Å². The smallest absolute Gasteiger partial charge is 0.215 e. The van der Waals surface area contributed by atoms with E-state index in [1.54, 1.807) is 18.2 Å². The molecule has 1 aliphatic heterocycles. The predicted octanol–water partition coefficient (Wildman–Crippen LogP) is 1.87. The number of amides is 1. The SMILES string of the molecule is COCCOCOc1ccccc1N1CCN(CCN(C=O)c2ccccn2)CC1. The number of aromatic nitrogens is 1. The molecule has 0 saturated carbocycles. The van der Waals surface area contributed by atoms with Crippen LogP contribution in [-0.4, -0.2) is 82.7 Å². The zero-order valence-corrected chi connectivity index (χ0v) is 17.5. The third-order valence-corrected chi connectivity index (χ3v) is 5.04. The maximum absolute atomic E-state index is 11.4. The van der Waals surface area contributed by atoms with E-state index < -0.39 is 0 Å². The average Bonchev–Trinajstić information content (AvgIpc) is 2.81. The van der Waals surface area contributed by atoms with Gasteiger partial charge in [-0.25, -0.2) is 4.98 Å². The van der Waals surface area contributed by atoms with E-state index >= 15 is 0 Å². The zero-order chi connectivity index (χ0) is 21.0. The fourth-order valence-electron chi connectivity index (χ4n) is 3.35. The van der Waals surface area contributed by atoms with Crippen LogP contribution in [-0.2, 0) is 14.3 Å². The van der Waals surface area contributed by atoms with E-state index in [-0.39, 0.29) is 6.79 Å². The van der Waals surface area contributed by atoms with Gasteiger partial charge in [0.05, 0.1) is 18.9 Å². The van der Waals surface area contributed by atoms with E-state index in [0.29, 0.717) is 25.6 Å². The van der Waals surface area contributed by atoms with Crippen molar-refractivity contribution in [2.45, 2.75) is 0 Å². The summed E-state index contributed by atoms with van der Waals surface area (Å²) in [6, 6.07) is 13.6. The molecule has 1 aromatic heterocycles. The Bertz CT molecular complexity index is 754. The van der Waals surface area contributed by atoms with Crippen molar-refractivity contribution >= 4 is 17.9 Å². The van der Waals surface area contributed by atoms with Crippen molar-refractivity contribution in [3.63, 3.8) is 0 Å². The van der Waals surface area contributed by atoms with Crippen molar-refractivity contribution in [1.82, 2.24) is 9.88 Å². The van der Waals surface area contributed by atoms with Gasteiger partial charge in [-0.05, 0) is 24.3 Å². The van der Waals surface area contributed by atoms with Crippen LogP contribution in [0.5, 0.6) is 5.75 Å². The van der Waals surface area contributed by atoms with Crippen LogP contribution in [0.4, 0.5) is 11.5 Å². The number of carbonyl (C=O) groups excluding carboxylic acids is 1. The number of piperazine rings is 1. The Morgan fingerprint density at radius 1 is 1.07 bits per heavy atom. The van der Waals surface area contributed by atoms with Crippen molar-refractivity contribution in [2.24, 2.45) is 0 Å². The number of benzene rings is 1. The molecule has 0 spiro atoms. The minimum atomic E-state index is 0.204. The molecular formula is C22H30N4O4. The lowest BCUT2D eigenvalue weighted by atomic mass is 10.2. The Labute approximate surface area is 177 Å². The summed E-state index contributed by atoms with van der Waals surface area (Å²) in [5.41, 5.74) is 1.08. The van der Waals surface area contributed by atoms with Crippen LogP contribution in [0.3, 0.4) is 0 Å². The number of hydrogen-bond acceptors (Lipinski definition) is 7. The molecule has 1 amide bonds. The molecule has 2 aromatic rings. The highest BCUT2D eigenvalue weighted by molar-refractivity contribution is 5.72. The number of methoxy groups -OCH3 is 1. The molecule has 162 valence electrons. The number of nitrogens with zero attached hydrogens (tertiary/aromatic N) is 4. The van der Waals surface area contributed by atoms with Crippen molar-refractivity contribution in [3.05, 3.63) is 48.7 Å². The van der Waals surface area contributed by atoms with Gasteiger partial charge in [0.25, 0.3) is 0 Å². The van der Waals surface area contributed by atoms with Crippen LogP contribution in [0, 0.1) is 0 Å². The molecule has 0 N–H and O–H groups in total. The van der Waals surface area contributed by atoms with Gasteiger partial charge < -0.3 is 19.1 Å². The number of hydrogen-bond donors (Lipinski definition) is 0. The van der Waals surface area contributed by atoms with Gasteiger partial charge in [-0.2, -0.15) is 0 Å². The summed E-state index contributed by atoms with van der Waals surface area (Å²) in [7, 11) is 1.65. The lowest BCUT2D eigenvalue weighted by molar-refractivity contribution is -0.107.